The summed E-state index contributed by atoms with van der Waals surface area (Å²) in [7, 11) is 1.62. The molecule has 4 heteroatoms. The molecule has 1 atom stereocenters. The predicted molar refractivity (Wildman–Crippen MR) is 69.6 cm³/mol. The third-order valence-corrected chi connectivity index (χ3v) is 4.04. The molecule has 0 aliphatic heterocycles. The van der Waals surface area contributed by atoms with Crippen LogP contribution < -0.4 is 4.74 Å². The van der Waals surface area contributed by atoms with Crippen LogP contribution in [0.3, 0.4) is 0 Å². The molecule has 0 amide bonds. The number of alkyl halides is 1. The first-order chi connectivity index (χ1) is 8.20. The molecule has 0 spiro atoms. The van der Waals surface area contributed by atoms with Crippen molar-refractivity contribution in [1.29, 1.82) is 0 Å². The lowest BCUT2D eigenvalue weighted by Crippen LogP contribution is -1.96. The maximum Gasteiger partial charge on any atom is 0.129 e. The van der Waals surface area contributed by atoms with Gasteiger partial charge in [0.25, 0.3) is 0 Å². The number of benzene rings is 1. The van der Waals surface area contributed by atoms with E-state index in [1.807, 2.05) is 17.5 Å². The minimum absolute atomic E-state index is 0.207. The molecule has 0 saturated carbocycles. The van der Waals surface area contributed by atoms with E-state index in [-0.39, 0.29) is 11.2 Å². The maximum absolute atomic E-state index is 13.5. The van der Waals surface area contributed by atoms with E-state index in [0.717, 1.165) is 10.6 Å². The zero-order valence-corrected chi connectivity index (χ0v) is 10.9. The molecule has 0 aliphatic rings. The van der Waals surface area contributed by atoms with Crippen molar-refractivity contribution >= 4 is 22.9 Å². The molecule has 1 aromatic heterocycles. The lowest BCUT2D eigenvalue weighted by molar-refractivity contribution is 0.416. The van der Waals surface area contributed by atoms with Crippen molar-refractivity contribution in [2.24, 2.45) is 0 Å². The van der Waals surface area contributed by atoms with Crippen LogP contribution in [0.15, 0.2) is 35.7 Å². The Morgan fingerprint density at radius 1 is 1.41 bits per heavy atom. The van der Waals surface area contributed by atoms with E-state index in [1.54, 1.807) is 19.2 Å². The van der Waals surface area contributed by atoms with Crippen LogP contribution in [-0.4, -0.2) is 7.11 Å². The molecule has 0 N–H and O–H groups in total. The number of methoxy groups -OCH3 is 1. The Balaban J connectivity index is 2.11. The van der Waals surface area contributed by atoms with Gasteiger partial charge in [-0.15, -0.1) is 22.9 Å². The zero-order chi connectivity index (χ0) is 12.3. The summed E-state index contributed by atoms with van der Waals surface area (Å²) in [6.07, 6.45) is 0.484. The van der Waals surface area contributed by atoms with Gasteiger partial charge in [0.1, 0.15) is 11.6 Å². The number of thiophene rings is 1. The lowest BCUT2D eigenvalue weighted by Gasteiger charge is -2.07. The van der Waals surface area contributed by atoms with E-state index >= 15 is 0 Å². The van der Waals surface area contributed by atoms with E-state index in [0.29, 0.717) is 12.0 Å². The van der Waals surface area contributed by atoms with Crippen LogP contribution in [0.4, 0.5) is 4.39 Å². The monoisotopic (exact) mass is 270 g/mol. The second-order valence-electron chi connectivity index (χ2n) is 3.65. The highest BCUT2D eigenvalue weighted by Gasteiger charge is 2.14. The second kappa shape index (κ2) is 5.52. The highest BCUT2D eigenvalue weighted by molar-refractivity contribution is 7.10. The van der Waals surface area contributed by atoms with E-state index in [4.69, 9.17) is 16.3 Å². The summed E-state index contributed by atoms with van der Waals surface area (Å²) < 4.78 is 18.6. The molecule has 0 radical (unpaired) electrons. The van der Waals surface area contributed by atoms with Crippen LogP contribution in [-0.2, 0) is 6.42 Å². The summed E-state index contributed by atoms with van der Waals surface area (Å²) in [5, 5.41) is 1.67. The molecule has 1 aromatic carbocycles. The Hall–Kier alpha value is -1.06. The topological polar surface area (TPSA) is 9.23 Å². The van der Waals surface area contributed by atoms with Crippen molar-refractivity contribution in [3.8, 4) is 5.75 Å². The van der Waals surface area contributed by atoms with E-state index in [2.05, 4.69) is 0 Å². The van der Waals surface area contributed by atoms with Crippen LogP contribution in [0.1, 0.15) is 15.8 Å². The van der Waals surface area contributed by atoms with Gasteiger partial charge in [-0.25, -0.2) is 4.39 Å². The SMILES string of the molecule is COc1csc(C(Cl)Cc2ccccc2F)c1. The molecule has 1 heterocycles. The van der Waals surface area contributed by atoms with Crippen LogP contribution in [0.2, 0.25) is 0 Å². The Labute approximate surface area is 109 Å². The molecule has 0 bridgehead atoms. The molecule has 17 heavy (non-hydrogen) atoms. The fourth-order valence-electron chi connectivity index (χ4n) is 1.56. The summed E-state index contributed by atoms with van der Waals surface area (Å²) in [6.45, 7) is 0. The van der Waals surface area contributed by atoms with Crippen molar-refractivity contribution in [3.63, 3.8) is 0 Å². The van der Waals surface area contributed by atoms with Crippen LogP contribution in [0.5, 0.6) is 5.75 Å². The number of hydrogen-bond donors (Lipinski definition) is 0. The van der Waals surface area contributed by atoms with Gasteiger partial charge >= 0.3 is 0 Å². The average Bonchev–Trinajstić information content (AvgIpc) is 2.81. The van der Waals surface area contributed by atoms with Crippen molar-refractivity contribution in [2.75, 3.05) is 7.11 Å². The molecule has 1 nitrogen and oxygen atoms in total. The standard InChI is InChI=1S/C13H12ClFOS/c1-16-10-7-13(17-8-10)11(14)6-9-4-2-3-5-12(9)15/h2-5,7-8,11H,6H2,1H3. The normalized spacial score (nSPS) is 12.4. The first-order valence-electron chi connectivity index (χ1n) is 5.20. The lowest BCUT2D eigenvalue weighted by atomic mass is 10.1. The van der Waals surface area contributed by atoms with E-state index < -0.39 is 0 Å². The van der Waals surface area contributed by atoms with Gasteiger partial charge in [0.2, 0.25) is 0 Å². The van der Waals surface area contributed by atoms with E-state index in [9.17, 15) is 4.39 Å². The average molecular weight is 271 g/mol. The molecule has 90 valence electrons. The Kier molecular flexibility index (Phi) is 4.02. The minimum atomic E-state index is -0.221. The van der Waals surface area contributed by atoms with Crippen LogP contribution in [0, 0.1) is 5.82 Å². The summed E-state index contributed by atoms with van der Waals surface area (Å²) in [5.41, 5.74) is 0.639. The van der Waals surface area contributed by atoms with Crippen molar-refractivity contribution in [1.82, 2.24) is 0 Å². The number of rotatable bonds is 4. The van der Waals surface area contributed by atoms with Gasteiger partial charge < -0.3 is 4.74 Å². The van der Waals surface area contributed by atoms with Gasteiger partial charge in [-0.3, -0.25) is 0 Å². The van der Waals surface area contributed by atoms with Crippen molar-refractivity contribution in [3.05, 3.63) is 52.0 Å². The van der Waals surface area contributed by atoms with Gasteiger partial charge in [0.15, 0.2) is 0 Å². The largest absolute Gasteiger partial charge is 0.496 e. The second-order valence-corrected chi connectivity index (χ2v) is 5.12. The molecule has 2 rings (SSSR count). The Bertz CT molecular complexity index is 498. The highest BCUT2D eigenvalue weighted by Crippen LogP contribution is 2.33. The quantitative estimate of drug-likeness (QED) is 0.748. The number of ether oxygens (including phenoxy) is 1. The molecule has 0 aliphatic carbocycles. The maximum atomic E-state index is 13.5. The zero-order valence-electron chi connectivity index (χ0n) is 9.32. The molecule has 1 unspecified atom stereocenters. The summed E-state index contributed by atoms with van der Waals surface area (Å²) in [5.74, 6) is 0.589. The summed E-state index contributed by atoms with van der Waals surface area (Å²) >= 11 is 7.80. The fourth-order valence-corrected chi connectivity index (χ4v) is 2.78. The van der Waals surface area contributed by atoms with Gasteiger partial charge in [-0.1, -0.05) is 18.2 Å². The highest BCUT2D eigenvalue weighted by atomic mass is 35.5. The van der Waals surface area contributed by atoms with Crippen LogP contribution >= 0.6 is 22.9 Å². The first-order valence-corrected chi connectivity index (χ1v) is 6.52. The molecule has 2 aromatic rings. The summed E-state index contributed by atoms with van der Waals surface area (Å²) in [4.78, 5) is 0.992. The molecule has 0 saturated heterocycles. The van der Waals surface area contributed by atoms with Gasteiger partial charge in [-0.2, -0.15) is 0 Å². The first kappa shape index (κ1) is 12.4. The third kappa shape index (κ3) is 2.99. The number of hydrogen-bond acceptors (Lipinski definition) is 2. The van der Waals surface area contributed by atoms with Gasteiger partial charge in [-0.05, 0) is 24.1 Å². The predicted octanol–water partition coefficient (Wildman–Crippen LogP) is 4.42. The van der Waals surface area contributed by atoms with Crippen molar-refractivity contribution in [2.45, 2.75) is 11.8 Å². The van der Waals surface area contributed by atoms with E-state index in [1.165, 1.54) is 17.4 Å². The smallest absolute Gasteiger partial charge is 0.129 e. The Morgan fingerprint density at radius 2 is 2.18 bits per heavy atom. The fraction of sp³-hybridized carbons (Fsp3) is 0.231. The van der Waals surface area contributed by atoms with Crippen LogP contribution in [0.25, 0.3) is 0 Å². The third-order valence-electron chi connectivity index (χ3n) is 2.50. The molecular weight excluding hydrogens is 259 g/mol. The molecule has 0 fully saturated rings. The molecular formula is C13H12ClFOS. The van der Waals surface area contributed by atoms with Crippen molar-refractivity contribution < 1.29 is 9.13 Å². The number of halogens is 2. The minimum Gasteiger partial charge on any atom is -0.496 e. The van der Waals surface area contributed by atoms with Gasteiger partial charge in [0, 0.05) is 10.3 Å². The van der Waals surface area contributed by atoms with Gasteiger partial charge in [0.05, 0.1) is 12.5 Å². The Morgan fingerprint density at radius 3 is 2.82 bits per heavy atom. The summed E-state index contributed by atoms with van der Waals surface area (Å²) in [6, 6.07) is 8.60.